The van der Waals surface area contributed by atoms with Gasteiger partial charge < -0.3 is 10.6 Å². The van der Waals surface area contributed by atoms with Gasteiger partial charge >= 0.3 is 0 Å². The first-order valence-corrected chi connectivity index (χ1v) is 6.20. The normalized spacial score (nSPS) is 12.2. The standard InChI is InChI=1S/C13H19ClN2O/c1-10(11-5-3-6-12(14)9-11)16-13(17)7-4-8-15-2/h3,5-6,9-10,15H,4,7-8H2,1-2H3,(H,16,17)/t10-/m0/s1. The van der Waals surface area contributed by atoms with Gasteiger partial charge in [0.2, 0.25) is 5.91 Å². The number of amides is 1. The highest BCUT2D eigenvalue weighted by Gasteiger charge is 2.09. The zero-order valence-electron chi connectivity index (χ0n) is 10.3. The summed E-state index contributed by atoms with van der Waals surface area (Å²) in [6.07, 6.45) is 1.40. The van der Waals surface area contributed by atoms with Crippen LogP contribution in [0.15, 0.2) is 24.3 Å². The van der Waals surface area contributed by atoms with Crippen LogP contribution in [0.4, 0.5) is 0 Å². The van der Waals surface area contributed by atoms with Crippen LogP contribution in [0.2, 0.25) is 5.02 Å². The number of carbonyl (C=O) groups excluding carboxylic acids is 1. The molecule has 0 saturated heterocycles. The molecule has 1 aromatic carbocycles. The monoisotopic (exact) mass is 254 g/mol. The Morgan fingerprint density at radius 3 is 2.88 bits per heavy atom. The van der Waals surface area contributed by atoms with E-state index in [0.29, 0.717) is 11.4 Å². The fraction of sp³-hybridized carbons (Fsp3) is 0.462. The summed E-state index contributed by atoms with van der Waals surface area (Å²) in [4.78, 5) is 11.6. The Kier molecular flexibility index (Phi) is 6.01. The van der Waals surface area contributed by atoms with Gasteiger partial charge in [0, 0.05) is 11.4 Å². The van der Waals surface area contributed by atoms with Crippen molar-refractivity contribution in [3.05, 3.63) is 34.9 Å². The Morgan fingerprint density at radius 1 is 1.47 bits per heavy atom. The molecule has 1 rings (SSSR count). The van der Waals surface area contributed by atoms with Gasteiger partial charge in [0.1, 0.15) is 0 Å². The molecule has 0 radical (unpaired) electrons. The lowest BCUT2D eigenvalue weighted by Gasteiger charge is -2.14. The van der Waals surface area contributed by atoms with E-state index in [2.05, 4.69) is 10.6 Å². The predicted octanol–water partition coefficient (Wildman–Crippen LogP) is 2.52. The number of hydrogen-bond donors (Lipinski definition) is 2. The average Bonchev–Trinajstić information content (AvgIpc) is 2.29. The van der Waals surface area contributed by atoms with Crippen LogP contribution >= 0.6 is 11.6 Å². The molecule has 0 spiro atoms. The van der Waals surface area contributed by atoms with Crippen LogP contribution in [0.3, 0.4) is 0 Å². The average molecular weight is 255 g/mol. The van der Waals surface area contributed by atoms with Crippen molar-refractivity contribution in [1.82, 2.24) is 10.6 Å². The van der Waals surface area contributed by atoms with E-state index in [1.807, 2.05) is 38.2 Å². The molecule has 1 aromatic rings. The largest absolute Gasteiger partial charge is 0.350 e. The molecule has 0 heterocycles. The number of hydrogen-bond acceptors (Lipinski definition) is 2. The minimum atomic E-state index is -0.00390. The van der Waals surface area contributed by atoms with Crippen LogP contribution < -0.4 is 10.6 Å². The lowest BCUT2D eigenvalue weighted by molar-refractivity contribution is -0.121. The number of rotatable bonds is 6. The molecule has 17 heavy (non-hydrogen) atoms. The molecule has 0 aliphatic heterocycles. The van der Waals surface area contributed by atoms with Crippen molar-refractivity contribution in [3.8, 4) is 0 Å². The predicted molar refractivity (Wildman–Crippen MR) is 71.2 cm³/mol. The maximum atomic E-state index is 11.6. The van der Waals surface area contributed by atoms with Crippen molar-refractivity contribution < 1.29 is 4.79 Å². The maximum Gasteiger partial charge on any atom is 0.220 e. The van der Waals surface area contributed by atoms with Crippen LogP contribution in [-0.4, -0.2) is 19.5 Å². The fourth-order valence-corrected chi connectivity index (χ4v) is 1.80. The second kappa shape index (κ2) is 7.30. The summed E-state index contributed by atoms with van der Waals surface area (Å²) >= 11 is 5.91. The highest BCUT2D eigenvalue weighted by atomic mass is 35.5. The summed E-state index contributed by atoms with van der Waals surface area (Å²) in [5.41, 5.74) is 1.03. The minimum absolute atomic E-state index is 0.00390. The smallest absolute Gasteiger partial charge is 0.220 e. The summed E-state index contributed by atoms with van der Waals surface area (Å²) in [6.45, 7) is 2.82. The molecule has 0 bridgehead atoms. The van der Waals surface area contributed by atoms with E-state index >= 15 is 0 Å². The molecule has 0 fully saturated rings. The fourth-order valence-electron chi connectivity index (χ4n) is 1.60. The summed E-state index contributed by atoms with van der Waals surface area (Å²) < 4.78 is 0. The maximum absolute atomic E-state index is 11.6. The van der Waals surface area contributed by atoms with Gasteiger partial charge in [-0.2, -0.15) is 0 Å². The van der Waals surface area contributed by atoms with E-state index in [9.17, 15) is 4.79 Å². The summed E-state index contributed by atoms with van der Waals surface area (Å²) in [5, 5.41) is 6.67. The summed E-state index contributed by atoms with van der Waals surface area (Å²) in [7, 11) is 1.88. The molecule has 0 aliphatic rings. The summed E-state index contributed by atoms with van der Waals surface area (Å²) in [5.74, 6) is 0.0766. The molecular weight excluding hydrogens is 236 g/mol. The topological polar surface area (TPSA) is 41.1 Å². The van der Waals surface area contributed by atoms with Crippen LogP contribution in [-0.2, 0) is 4.79 Å². The Bertz CT molecular complexity index is 368. The molecule has 0 aromatic heterocycles. The molecule has 3 nitrogen and oxygen atoms in total. The van der Waals surface area contributed by atoms with E-state index in [0.717, 1.165) is 18.5 Å². The van der Waals surface area contributed by atoms with E-state index in [4.69, 9.17) is 11.6 Å². The van der Waals surface area contributed by atoms with Gasteiger partial charge in [-0.1, -0.05) is 23.7 Å². The zero-order chi connectivity index (χ0) is 12.7. The van der Waals surface area contributed by atoms with Gasteiger partial charge in [0.25, 0.3) is 0 Å². The third-order valence-corrected chi connectivity index (χ3v) is 2.79. The van der Waals surface area contributed by atoms with Gasteiger partial charge in [-0.15, -0.1) is 0 Å². The molecule has 0 saturated carbocycles. The Morgan fingerprint density at radius 2 is 2.24 bits per heavy atom. The first-order chi connectivity index (χ1) is 8.13. The van der Waals surface area contributed by atoms with Gasteiger partial charge in [-0.3, -0.25) is 4.79 Å². The Labute approximate surface area is 108 Å². The van der Waals surface area contributed by atoms with Crippen molar-refractivity contribution in [3.63, 3.8) is 0 Å². The minimum Gasteiger partial charge on any atom is -0.350 e. The van der Waals surface area contributed by atoms with Crippen molar-refractivity contribution in [1.29, 1.82) is 0 Å². The first kappa shape index (κ1) is 14.0. The molecule has 94 valence electrons. The quantitative estimate of drug-likeness (QED) is 0.766. The molecule has 4 heteroatoms. The van der Waals surface area contributed by atoms with Crippen molar-refractivity contribution in [2.45, 2.75) is 25.8 Å². The van der Waals surface area contributed by atoms with E-state index in [1.54, 1.807) is 0 Å². The van der Waals surface area contributed by atoms with Gasteiger partial charge in [0.15, 0.2) is 0 Å². The number of carbonyl (C=O) groups is 1. The Balaban J connectivity index is 2.43. The van der Waals surface area contributed by atoms with E-state index in [-0.39, 0.29) is 11.9 Å². The highest BCUT2D eigenvalue weighted by molar-refractivity contribution is 6.30. The molecule has 0 unspecified atom stereocenters. The molecule has 1 amide bonds. The highest BCUT2D eigenvalue weighted by Crippen LogP contribution is 2.17. The SMILES string of the molecule is CNCCCC(=O)N[C@@H](C)c1cccc(Cl)c1. The summed E-state index contributed by atoms with van der Waals surface area (Å²) in [6, 6.07) is 7.55. The molecule has 1 atom stereocenters. The van der Waals surface area contributed by atoms with Gasteiger partial charge in [0.05, 0.1) is 6.04 Å². The van der Waals surface area contributed by atoms with Crippen LogP contribution in [0, 0.1) is 0 Å². The van der Waals surface area contributed by atoms with Crippen LogP contribution in [0.1, 0.15) is 31.4 Å². The molecule has 2 N–H and O–H groups in total. The number of benzene rings is 1. The lowest BCUT2D eigenvalue weighted by Crippen LogP contribution is -2.27. The first-order valence-electron chi connectivity index (χ1n) is 5.83. The number of nitrogens with one attached hydrogen (secondary N) is 2. The lowest BCUT2D eigenvalue weighted by atomic mass is 10.1. The van der Waals surface area contributed by atoms with Gasteiger partial charge in [-0.05, 0) is 44.6 Å². The third-order valence-electron chi connectivity index (χ3n) is 2.56. The Hall–Kier alpha value is -1.06. The van der Waals surface area contributed by atoms with E-state index < -0.39 is 0 Å². The van der Waals surface area contributed by atoms with Crippen molar-refractivity contribution >= 4 is 17.5 Å². The second-order valence-corrected chi connectivity index (χ2v) is 4.49. The molecule has 0 aliphatic carbocycles. The van der Waals surface area contributed by atoms with Crippen molar-refractivity contribution in [2.75, 3.05) is 13.6 Å². The molecular formula is C13H19ClN2O. The van der Waals surface area contributed by atoms with Crippen molar-refractivity contribution in [2.24, 2.45) is 0 Å². The number of halogens is 1. The van der Waals surface area contributed by atoms with Crippen LogP contribution in [0.5, 0.6) is 0 Å². The zero-order valence-corrected chi connectivity index (χ0v) is 11.1. The third kappa shape index (κ3) is 5.20. The van der Waals surface area contributed by atoms with E-state index in [1.165, 1.54) is 0 Å². The van der Waals surface area contributed by atoms with Crippen LogP contribution in [0.25, 0.3) is 0 Å². The van der Waals surface area contributed by atoms with Gasteiger partial charge in [-0.25, -0.2) is 0 Å². The second-order valence-electron chi connectivity index (χ2n) is 4.05.